The van der Waals surface area contributed by atoms with Crippen LogP contribution < -0.4 is 10.2 Å². The van der Waals surface area contributed by atoms with E-state index < -0.39 is 0 Å². The van der Waals surface area contributed by atoms with Crippen LogP contribution >= 0.6 is 0 Å². The number of rotatable bonds is 7. The number of piperazine rings is 1. The van der Waals surface area contributed by atoms with E-state index in [1.54, 1.807) is 4.90 Å². The second-order valence-electron chi connectivity index (χ2n) is 7.27. The van der Waals surface area contributed by atoms with Gasteiger partial charge in [-0.2, -0.15) is 0 Å². The Morgan fingerprint density at radius 2 is 1.81 bits per heavy atom. The standard InChI is InChI=1S/C20H32N4O2/c1-16-7-5-8-18(17(16)2)23-11-13-24(14-12-23)20(26)15-19(25)21-9-6-10-22(3)4/h5,7-8H,6,9-15H2,1-4H3,(H,21,25). The molecule has 0 saturated carbocycles. The second-order valence-corrected chi connectivity index (χ2v) is 7.27. The van der Waals surface area contributed by atoms with Crippen LogP contribution in [0, 0.1) is 13.8 Å². The van der Waals surface area contributed by atoms with Crippen LogP contribution in [0.4, 0.5) is 5.69 Å². The molecule has 2 amide bonds. The molecule has 1 N–H and O–H groups in total. The summed E-state index contributed by atoms with van der Waals surface area (Å²) in [6.07, 6.45) is 0.840. The van der Waals surface area contributed by atoms with Gasteiger partial charge in [-0.05, 0) is 58.1 Å². The van der Waals surface area contributed by atoms with Gasteiger partial charge >= 0.3 is 0 Å². The molecule has 0 aromatic heterocycles. The lowest BCUT2D eigenvalue weighted by Crippen LogP contribution is -2.49. The molecular weight excluding hydrogens is 328 g/mol. The van der Waals surface area contributed by atoms with Gasteiger partial charge in [0.05, 0.1) is 0 Å². The van der Waals surface area contributed by atoms with Gasteiger partial charge in [-0.15, -0.1) is 0 Å². The normalized spacial score (nSPS) is 14.7. The van der Waals surface area contributed by atoms with Gasteiger partial charge in [-0.1, -0.05) is 12.1 Å². The Kier molecular flexibility index (Phi) is 7.45. The second kappa shape index (κ2) is 9.57. The Balaban J connectivity index is 1.76. The third-order valence-corrected chi connectivity index (χ3v) is 4.97. The maximum atomic E-state index is 12.4. The molecule has 0 bridgehead atoms. The Hall–Kier alpha value is -2.08. The van der Waals surface area contributed by atoms with Crippen molar-refractivity contribution in [1.82, 2.24) is 15.1 Å². The van der Waals surface area contributed by atoms with E-state index in [2.05, 4.69) is 47.2 Å². The van der Waals surface area contributed by atoms with Crippen molar-refractivity contribution in [3.63, 3.8) is 0 Å². The molecule has 0 radical (unpaired) electrons. The molecule has 1 fully saturated rings. The van der Waals surface area contributed by atoms with Gasteiger partial charge in [-0.25, -0.2) is 0 Å². The van der Waals surface area contributed by atoms with Gasteiger partial charge in [0.1, 0.15) is 6.42 Å². The average molecular weight is 361 g/mol. The summed E-state index contributed by atoms with van der Waals surface area (Å²) in [6.45, 7) is 8.75. The molecule has 0 spiro atoms. The smallest absolute Gasteiger partial charge is 0.232 e. The van der Waals surface area contributed by atoms with Crippen molar-refractivity contribution >= 4 is 17.5 Å². The molecule has 0 atom stereocenters. The average Bonchev–Trinajstić information content (AvgIpc) is 2.61. The highest BCUT2D eigenvalue weighted by Crippen LogP contribution is 2.23. The highest BCUT2D eigenvalue weighted by molar-refractivity contribution is 5.97. The summed E-state index contributed by atoms with van der Waals surface area (Å²) in [6, 6.07) is 6.34. The Morgan fingerprint density at radius 1 is 1.12 bits per heavy atom. The molecule has 1 aromatic rings. The van der Waals surface area contributed by atoms with Crippen molar-refractivity contribution in [2.24, 2.45) is 0 Å². The van der Waals surface area contributed by atoms with Gasteiger partial charge in [0.15, 0.2) is 0 Å². The zero-order valence-electron chi connectivity index (χ0n) is 16.5. The highest BCUT2D eigenvalue weighted by Gasteiger charge is 2.23. The molecule has 1 saturated heterocycles. The first-order chi connectivity index (χ1) is 12.4. The van der Waals surface area contributed by atoms with E-state index in [1.807, 2.05) is 14.1 Å². The summed E-state index contributed by atoms with van der Waals surface area (Å²) in [4.78, 5) is 30.5. The van der Waals surface area contributed by atoms with Gasteiger partial charge < -0.3 is 20.0 Å². The van der Waals surface area contributed by atoms with Crippen LogP contribution in [0.15, 0.2) is 18.2 Å². The Labute approximate surface area is 157 Å². The topological polar surface area (TPSA) is 55.9 Å². The Bertz CT molecular complexity index is 622. The SMILES string of the molecule is Cc1cccc(N2CCN(C(=O)CC(=O)NCCCN(C)C)CC2)c1C. The van der Waals surface area contributed by atoms with Crippen molar-refractivity contribution in [3.05, 3.63) is 29.3 Å². The Morgan fingerprint density at radius 3 is 2.46 bits per heavy atom. The number of carbonyl (C=O) groups excluding carboxylic acids is 2. The minimum absolute atomic E-state index is 0.0502. The number of hydrogen-bond acceptors (Lipinski definition) is 4. The summed E-state index contributed by atoms with van der Waals surface area (Å²) < 4.78 is 0. The maximum absolute atomic E-state index is 12.4. The van der Waals surface area contributed by atoms with Crippen LogP contribution in [0.3, 0.4) is 0 Å². The lowest BCUT2D eigenvalue weighted by Gasteiger charge is -2.37. The minimum Gasteiger partial charge on any atom is -0.368 e. The van der Waals surface area contributed by atoms with E-state index in [9.17, 15) is 9.59 Å². The predicted octanol–water partition coefficient (Wildman–Crippen LogP) is 1.41. The first-order valence-corrected chi connectivity index (χ1v) is 9.39. The highest BCUT2D eigenvalue weighted by atomic mass is 16.2. The number of aryl methyl sites for hydroxylation is 1. The number of carbonyl (C=O) groups is 2. The van der Waals surface area contributed by atoms with Crippen molar-refractivity contribution in [2.75, 3.05) is 58.3 Å². The molecule has 0 unspecified atom stereocenters. The van der Waals surface area contributed by atoms with E-state index in [0.717, 1.165) is 26.1 Å². The number of benzene rings is 1. The molecule has 1 aromatic carbocycles. The van der Waals surface area contributed by atoms with E-state index in [0.29, 0.717) is 19.6 Å². The van der Waals surface area contributed by atoms with Crippen LogP contribution in [0.1, 0.15) is 24.0 Å². The van der Waals surface area contributed by atoms with E-state index >= 15 is 0 Å². The fourth-order valence-electron chi connectivity index (χ4n) is 3.21. The van der Waals surface area contributed by atoms with Crippen LogP contribution in [0.5, 0.6) is 0 Å². The van der Waals surface area contributed by atoms with Crippen LogP contribution in [-0.2, 0) is 9.59 Å². The number of amides is 2. The molecule has 26 heavy (non-hydrogen) atoms. The molecule has 144 valence electrons. The van der Waals surface area contributed by atoms with Crippen molar-refractivity contribution < 1.29 is 9.59 Å². The fraction of sp³-hybridized carbons (Fsp3) is 0.600. The molecule has 1 aliphatic heterocycles. The first kappa shape index (κ1) is 20.2. The number of hydrogen-bond donors (Lipinski definition) is 1. The van der Waals surface area contributed by atoms with Gasteiger partial charge in [0.2, 0.25) is 11.8 Å². The predicted molar refractivity (Wildman–Crippen MR) is 106 cm³/mol. The summed E-state index contributed by atoms with van der Waals surface area (Å²) in [5.41, 5.74) is 3.83. The molecule has 0 aliphatic carbocycles. The fourth-order valence-corrected chi connectivity index (χ4v) is 3.21. The minimum atomic E-state index is -0.175. The summed E-state index contributed by atoms with van der Waals surface area (Å²) in [5, 5.41) is 2.83. The largest absolute Gasteiger partial charge is 0.368 e. The van der Waals surface area contributed by atoms with Crippen molar-refractivity contribution in [2.45, 2.75) is 26.7 Å². The molecule has 1 heterocycles. The van der Waals surface area contributed by atoms with Gasteiger partial charge in [-0.3, -0.25) is 9.59 Å². The van der Waals surface area contributed by atoms with Crippen LogP contribution in [0.25, 0.3) is 0 Å². The summed E-state index contributed by atoms with van der Waals surface area (Å²) in [5.74, 6) is -0.249. The molecular formula is C20H32N4O2. The van der Waals surface area contributed by atoms with E-state index in [4.69, 9.17) is 0 Å². The van der Waals surface area contributed by atoms with Gasteiger partial charge in [0, 0.05) is 38.4 Å². The lowest BCUT2D eigenvalue weighted by molar-refractivity contribution is -0.136. The summed E-state index contributed by atoms with van der Waals surface area (Å²) in [7, 11) is 4.01. The molecule has 6 heteroatoms. The first-order valence-electron chi connectivity index (χ1n) is 9.39. The van der Waals surface area contributed by atoms with Crippen LogP contribution in [-0.4, -0.2) is 75.0 Å². The third kappa shape index (κ3) is 5.73. The van der Waals surface area contributed by atoms with Crippen molar-refractivity contribution in [1.29, 1.82) is 0 Å². The summed E-state index contributed by atoms with van der Waals surface area (Å²) >= 11 is 0. The number of nitrogens with one attached hydrogen (secondary N) is 1. The molecule has 6 nitrogen and oxygen atoms in total. The third-order valence-electron chi connectivity index (χ3n) is 4.97. The van der Waals surface area contributed by atoms with E-state index in [1.165, 1.54) is 16.8 Å². The molecule has 2 rings (SSSR count). The lowest BCUT2D eigenvalue weighted by atomic mass is 10.1. The van der Waals surface area contributed by atoms with Crippen molar-refractivity contribution in [3.8, 4) is 0 Å². The number of anilines is 1. The zero-order valence-corrected chi connectivity index (χ0v) is 16.5. The molecule has 1 aliphatic rings. The van der Waals surface area contributed by atoms with Gasteiger partial charge in [0.25, 0.3) is 0 Å². The maximum Gasteiger partial charge on any atom is 0.232 e. The quantitative estimate of drug-likeness (QED) is 0.590. The monoisotopic (exact) mass is 360 g/mol. The van der Waals surface area contributed by atoms with E-state index in [-0.39, 0.29) is 18.2 Å². The van der Waals surface area contributed by atoms with Crippen LogP contribution in [0.2, 0.25) is 0 Å². The zero-order chi connectivity index (χ0) is 19.1. The number of nitrogens with zero attached hydrogens (tertiary/aromatic N) is 3.